The van der Waals surface area contributed by atoms with Gasteiger partial charge in [-0.1, -0.05) is 18.2 Å². The number of para-hydroxylation sites is 1. The van der Waals surface area contributed by atoms with Crippen LogP contribution in [0.5, 0.6) is 11.6 Å². The van der Waals surface area contributed by atoms with Gasteiger partial charge in [-0.05, 0) is 42.5 Å². The van der Waals surface area contributed by atoms with Crippen LogP contribution in [-0.2, 0) is 0 Å². The third kappa shape index (κ3) is 3.29. The molecule has 0 amide bonds. The maximum atomic E-state index is 9.99. The van der Waals surface area contributed by atoms with E-state index in [0.717, 1.165) is 11.2 Å². The fraction of sp³-hybridized carbons (Fsp3) is 0.0625. The minimum absolute atomic E-state index is 0.0699. The average molecular weight is 326 g/mol. The van der Waals surface area contributed by atoms with Crippen molar-refractivity contribution in [3.05, 3.63) is 48.5 Å². The summed E-state index contributed by atoms with van der Waals surface area (Å²) in [5.41, 5.74) is 1.87. The van der Waals surface area contributed by atoms with Gasteiger partial charge in [-0.25, -0.2) is 0 Å². The van der Waals surface area contributed by atoms with Gasteiger partial charge in [-0.2, -0.15) is 0 Å². The molecular formula is C16H14N4O2S. The molecule has 0 bridgehead atoms. The number of aromatic hydroxyl groups is 1. The number of thiocarbonyl (C=S) groups is 1. The van der Waals surface area contributed by atoms with E-state index in [-0.39, 0.29) is 11.0 Å². The molecule has 2 aromatic carbocycles. The molecule has 0 spiro atoms. The Kier molecular flexibility index (Phi) is 4.20. The Morgan fingerprint density at radius 1 is 1.22 bits per heavy atom. The van der Waals surface area contributed by atoms with E-state index < -0.39 is 0 Å². The molecule has 0 fully saturated rings. The smallest absolute Gasteiger partial charge is 0.218 e. The lowest BCUT2D eigenvalue weighted by atomic mass is 10.2. The lowest BCUT2D eigenvalue weighted by molar-refractivity contribution is 0.415. The molecule has 0 saturated heterocycles. The number of aromatic amines is 1. The molecule has 1 aromatic heterocycles. The van der Waals surface area contributed by atoms with E-state index in [1.165, 1.54) is 0 Å². The highest BCUT2D eigenvalue weighted by Gasteiger charge is 2.11. The van der Waals surface area contributed by atoms with Crippen molar-refractivity contribution in [1.82, 2.24) is 4.98 Å². The number of hydrogen-bond acceptors (Lipinski definition) is 4. The molecule has 0 saturated carbocycles. The fourth-order valence-electron chi connectivity index (χ4n) is 2.14. The molecule has 0 radical (unpaired) electrons. The van der Waals surface area contributed by atoms with Crippen LogP contribution >= 0.6 is 12.2 Å². The molecule has 1 heterocycles. The van der Waals surface area contributed by atoms with E-state index in [9.17, 15) is 5.11 Å². The molecule has 0 unspecified atom stereocenters. The minimum Gasteiger partial charge on any atom is -0.497 e. The van der Waals surface area contributed by atoms with Crippen molar-refractivity contribution in [1.29, 1.82) is 0 Å². The molecule has 6 nitrogen and oxygen atoms in total. The molecular weight excluding hydrogens is 312 g/mol. The van der Waals surface area contributed by atoms with Crippen molar-refractivity contribution in [3.8, 4) is 11.6 Å². The highest BCUT2D eigenvalue weighted by Crippen LogP contribution is 2.37. The number of hydrogen-bond donors (Lipinski definition) is 3. The van der Waals surface area contributed by atoms with Gasteiger partial charge in [0.15, 0.2) is 5.69 Å². The maximum Gasteiger partial charge on any atom is 0.218 e. The minimum atomic E-state index is -0.0699. The van der Waals surface area contributed by atoms with Crippen LogP contribution in [0.25, 0.3) is 10.9 Å². The molecule has 0 aliphatic rings. The summed E-state index contributed by atoms with van der Waals surface area (Å²) in [6.45, 7) is 0. The summed E-state index contributed by atoms with van der Waals surface area (Å²) in [6, 6.07) is 14.8. The fourth-order valence-corrected chi connectivity index (χ4v) is 2.29. The molecule has 3 aromatic rings. The van der Waals surface area contributed by atoms with Crippen molar-refractivity contribution in [3.63, 3.8) is 0 Å². The number of azo groups is 1. The summed E-state index contributed by atoms with van der Waals surface area (Å²) in [6.07, 6.45) is 0. The Balaban J connectivity index is 1.85. The Labute approximate surface area is 137 Å². The van der Waals surface area contributed by atoms with E-state index in [1.54, 1.807) is 25.3 Å². The largest absolute Gasteiger partial charge is 0.497 e. The van der Waals surface area contributed by atoms with Crippen LogP contribution in [0.4, 0.5) is 11.4 Å². The molecule has 0 aliphatic carbocycles. The van der Waals surface area contributed by atoms with E-state index >= 15 is 0 Å². The number of rotatable bonds is 3. The van der Waals surface area contributed by atoms with E-state index in [2.05, 4.69) is 20.5 Å². The number of aromatic nitrogens is 1. The normalized spacial score (nSPS) is 11.0. The Hall–Kier alpha value is -2.93. The molecule has 116 valence electrons. The lowest BCUT2D eigenvalue weighted by Gasteiger charge is -2.02. The highest BCUT2D eigenvalue weighted by molar-refractivity contribution is 7.80. The van der Waals surface area contributed by atoms with Crippen molar-refractivity contribution in [2.75, 3.05) is 12.4 Å². The first-order chi connectivity index (χ1) is 11.2. The Bertz CT molecular complexity index is 874. The third-order valence-corrected chi connectivity index (χ3v) is 3.41. The molecule has 3 N–H and O–H groups in total. The number of anilines is 1. The van der Waals surface area contributed by atoms with Gasteiger partial charge in [0.2, 0.25) is 11.0 Å². The van der Waals surface area contributed by atoms with E-state index in [4.69, 9.17) is 17.0 Å². The van der Waals surface area contributed by atoms with Crippen LogP contribution in [0.1, 0.15) is 0 Å². The second-order valence-electron chi connectivity index (χ2n) is 4.73. The van der Waals surface area contributed by atoms with Gasteiger partial charge in [0.05, 0.1) is 12.6 Å². The zero-order chi connectivity index (χ0) is 16.2. The second kappa shape index (κ2) is 6.45. The van der Waals surface area contributed by atoms with Gasteiger partial charge in [-0.3, -0.25) is 0 Å². The van der Waals surface area contributed by atoms with Crippen LogP contribution in [0, 0.1) is 0 Å². The van der Waals surface area contributed by atoms with Crippen molar-refractivity contribution in [2.45, 2.75) is 0 Å². The monoisotopic (exact) mass is 326 g/mol. The number of benzene rings is 2. The number of nitrogens with zero attached hydrogens (tertiary/aromatic N) is 2. The Morgan fingerprint density at radius 3 is 2.74 bits per heavy atom. The topological polar surface area (TPSA) is 82.0 Å². The summed E-state index contributed by atoms with van der Waals surface area (Å²) < 4.78 is 5.19. The number of nitrogens with one attached hydrogen (secondary N) is 2. The SMILES string of the molecule is COc1ccc2[nH]c(O)c(N=NC(=S)Nc3ccccc3)c2c1. The van der Waals surface area contributed by atoms with Gasteiger partial charge < -0.3 is 20.1 Å². The molecule has 23 heavy (non-hydrogen) atoms. The van der Waals surface area contributed by atoms with Crippen molar-refractivity contribution in [2.24, 2.45) is 10.2 Å². The molecule has 0 aliphatic heterocycles. The second-order valence-corrected chi connectivity index (χ2v) is 5.12. The maximum absolute atomic E-state index is 9.99. The van der Waals surface area contributed by atoms with Crippen molar-refractivity contribution < 1.29 is 9.84 Å². The summed E-state index contributed by atoms with van der Waals surface area (Å²) >= 11 is 5.14. The number of fused-ring (bicyclic) bond motifs is 1. The summed E-state index contributed by atoms with van der Waals surface area (Å²) in [4.78, 5) is 2.83. The van der Waals surface area contributed by atoms with Gasteiger partial charge >= 0.3 is 0 Å². The third-order valence-electron chi connectivity index (χ3n) is 3.23. The molecule has 7 heteroatoms. The predicted octanol–water partition coefficient (Wildman–Crippen LogP) is 4.36. The van der Waals surface area contributed by atoms with Gasteiger partial charge in [0, 0.05) is 11.1 Å². The summed E-state index contributed by atoms with van der Waals surface area (Å²) in [5.74, 6) is 0.595. The van der Waals surface area contributed by atoms with Crippen LogP contribution in [0.3, 0.4) is 0 Å². The molecule has 0 atom stereocenters. The van der Waals surface area contributed by atoms with Gasteiger partial charge in [0.25, 0.3) is 0 Å². The lowest BCUT2D eigenvalue weighted by Crippen LogP contribution is -2.04. The first-order valence-electron chi connectivity index (χ1n) is 6.84. The van der Waals surface area contributed by atoms with Crippen LogP contribution in [-0.4, -0.2) is 22.3 Å². The number of methoxy groups -OCH3 is 1. The van der Waals surface area contributed by atoms with E-state index in [0.29, 0.717) is 16.8 Å². The van der Waals surface area contributed by atoms with Crippen LogP contribution < -0.4 is 10.1 Å². The first-order valence-corrected chi connectivity index (χ1v) is 7.24. The average Bonchev–Trinajstić information content (AvgIpc) is 2.88. The van der Waals surface area contributed by atoms with Crippen molar-refractivity contribution >= 4 is 39.6 Å². The highest BCUT2D eigenvalue weighted by atomic mass is 32.1. The zero-order valence-electron chi connectivity index (χ0n) is 12.3. The summed E-state index contributed by atoms with van der Waals surface area (Å²) in [7, 11) is 1.58. The molecule has 3 rings (SSSR count). The van der Waals surface area contributed by atoms with Gasteiger partial charge in [0.1, 0.15) is 5.75 Å². The summed E-state index contributed by atoms with van der Waals surface area (Å²) in [5, 5.41) is 21.8. The predicted molar refractivity (Wildman–Crippen MR) is 93.7 cm³/mol. The van der Waals surface area contributed by atoms with Gasteiger partial charge in [-0.15, -0.1) is 10.2 Å². The number of ether oxygens (including phenoxy) is 1. The zero-order valence-corrected chi connectivity index (χ0v) is 13.1. The number of H-pyrrole nitrogens is 1. The van der Waals surface area contributed by atoms with Crippen LogP contribution in [0.2, 0.25) is 0 Å². The first kappa shape index (κ1) is 15.0. The Morgan fingerprint density at radius 2 is 2.00 bits per heavy atom. The van der Waals surface area contributed by atoms with Crippen LogP contribution in [0.15, 0.2) is 58.8 Å². The standard InChI is InChI=1S/C16H14N4O2S/c1-22-11-7-8-13-12(9-11)14(15(21)18-13)19-20-16(23)17-10-5-3-2-4-6-10/h2-9,18,21H,1H3,(H,17,23). The van der Waals surface area contributed by atoms with E-state index in [1.807, 2.05) is 30.3 Å². The quantitative estimate of drug-likeness (QED) is 0.493.